The highest BCUT2D eigenvalue weighted by molar-refractivity contribution is 5.48. The van der Waals surface area contributed by atoms with Crippen LogP contribution in [0.25, 0.3) is 0 Å². The molecule has 0 amide bonds. The molecule has 0 bridgehead atoms. The fraction of sp³-hybridized carbons (Fsp3) is 0.933. The Kier molecular flexibility index (Phi) is 9.29. The molecule has 0 aliphatic heterocycles. The van der Waals surface area contributed by atoms with E-state index in [2.05, 4.69) is 20.8 Å². The van der Waals surface area contributed by atoms with Crippen molar-refractivity contribution in [3.05, 3.63) is 0 Å². The molecule has 0 N–H and O–H groups in total. The molecular weight excluding hydrogens is 228 g/mol. The van der Waals surface area contributed by atoms with Crippen molar-refractivity contribution in [2.75, 3.05) is 13.2 Å². The van der Waals surface area contributed by atoms with Gasteiger partial charge in [-0.2, -0.15) is 0 Å². The maximum atomic E-state index is 10.2. The van der Waals surface area contributed by atoms with Crippen molar-refractivity contribution in [2.24, 2.45) is 5.92 Å². The van der Waals surface area contributed by atoms with Gasteiger partial charge in [-0.1, -0.05) is 13.3 Å². The van der Waals surface area contributed by atoms with Gasteiger partial charge in [-0.25, -0.2) is 0 Å². The summed E-state index contributed by atoms with van der Waals surface area (Å²) in [5.74, 6) is 0.370. The van der Waals surface area contributed by atoms with Crippen molar-refractivity contribution in [3.63, 3.8) is 0 Å². The number of hydrogen-bond donors (Lipinski definition) is 0. The number of hydrogen-bond acceptors (Lipinski definition) is 3. The van der Waals surface area contributed by atoms with Gasteiger partial charge in [0.2, 0.25) is 0 Å². The molecular formula is C15H30O3. The fourth-order valence-electron chi connectivity index (χ4n) is 1.52. The minimum atomic E-state index is -0.153. The molecule has 0 aliphatic carbocycles. The van der Waals surface area contributed by atoms with E-state index in [9.17, 15) is 4.79 Å². The Bertz CT molecular complexity index is 212. The average molecular weight is 258 g/mol. The Labute approximate surface area is 112 Å². The summed E-state index contributed by atoms with van der Waals surface area (Å²) in [7, 11) is 0. The highest BCUT2D eigenvalue weighted by atomic mass is 16.5. The second-order valence-corrected chi connectivity index (χ2v) is 5.75. The van der Waals surface area contributed by atoms with E-state index in [1.165, 1.54) is 0 Å². The van der Waals surface area contributed by atoms with Crippen LogP contribution in [-0.4, -0.2) is 31.2 Å². The molecule has 3 heteroatoms. The van der Waals surface area contributed by atoms with E-state index >= 15 is 0 Å². The molecule has 0 saturated carbocycles. The molecule has 1 unspecified atom stereocenters. The number of carbonyl (C=O) groups excluding carboxylic acids is 1. The molecule has 0 aliphatic rings. The Morgan fingerprint density at radius 1 is 1.11 bits per heavy atom. The SMILES string of the molecule is CC(C)OCC(C)C(C)(C)OCCCCCC=O. The lowest BCUT2D eigenvalue weighted by molar-refractivity contribution is -0.108. The fourth-order valence-corrected chi connectivity index (χ4v) is 1.52. The van der Waals surface area contributed by atoms with Gasteiger partial charge >= 0.3 is 0 Å². The lowest BCUT2D eigenvalue weighted by Gasteiger charge is -2.32. The summed E-state index contributed by atoms with van der Waals surface area (Å²) in [4.78, 5) is 10.2. The van der Waals surface area contributed by atoms with Crippen molar-refractivity contribution < 1.29 is 14.3 Å². The molecule has 0 heterocycles. The summed E-state index contributed by atoms with van der Waals surface area (Å²) in [6.45, 7) is 12.0. The van der Waals surface area contributed by atoms with E-state index in [0.717, 1.165) is 38.8 Å². The lowest BCUT2D eigenvalue weighted by Crippen LogP contribution is -2.36. The lowest BCUT2D eigenvalue weighted by atomic mass is 9.93. The summed E-state index contributed by atoms with van der Waals surface area (Å²) in [6.07, 6.45) is 4.98. The van der Waals surface area contributed by atoms with Gasteiger partial charge in [0.1, 0.15) is 6.29 Å². The van der Waals surface area contributed by atoms with Crippen molar-refractivity contribution in [1.29, 1.82) is 0 Å². The van der Waals surface area contributed by atoms with Crippen LogP contribution in [0, 0.1) is 5.92 Å². The van der Waals surface area contributed by atoms with Gasteiger partial charge < -0.3 is 14.3 Å². The second kappa shape index (κ2) is 9.51. The number of aldehydes is 1. The van der Waals surface area contributed by atoms with Gasteiger partial charge in [0, 0.05) is 18.9 Å². The Morgan fingerprint density at radius 2 is 1.78 bits per heavy atom. The standard InChI is InChI=1S/C15H30O3/c1-13(2)17-12-14(3)15(4,5)18-11-9-7-6-8-10-16/h10,13-14H,6-9,11-12H2,1-5H3. The Balaban J connectivity index is 3.73. The predicted molar refractivity (Wildman–Crippen MR) is 74.8 cm³/mol. The number of ether oxygens (including phenoxy) is 2. The van der Waals surface area contributed by atoms with Crippen molar-refractivity contribution >= 4 is 6.29 Å². The molecule has 0 rings (SSSR count). The third-order valence-corrected chi connectivity index (χ3v) is 3.31. The third kappa shape index (κ3) is 8.65. The second-order valence-electron chi connectivity index (χ2n) is 5.75. The normalized spacial score (nSPS) is 13.9. The highest BCUT2D eigenvalue weighted by Crippen LogP contribution is 2.22. The van der Waals surface area contributed by atoms with Gasteiger partial charge in [-0.15, -0.1) is 0 Å². The molecule has 18 heavy (non-hydrogen) atoms. The Hall–Kier alpha value is -0.410. The molecule has 0 fully saturated rings. The topological polar surface area (TPSA) is 35.5 Å². The molecule has 3 nitrogen and oxygen atoms in total. The third-order valence-electron chi connectivity index (χ3n) is 3.31. The van der Waals surface area contributed by atoms with Gasteiger partial charge in [0.25, 0.3) is 0 Å². The summed E-state index contributed by atoms with van der Waals surface area (Å²) < 4.78 is 11.6. The Morgan fingerprint density at radius 3 is 2.33 bits per heavy atom. The predicted octanol–water partition coefficient (Wildman–Crippen LogP) is 3.60. The minimum Gasteiger partial charge on any atom is -0.378 e. The number of unbranched alkanes of at least 4 members (excludes halogenated alkanes) is 3. The van der Waals surface area contributed by atoms with Gasteiger partial charge in [0.05, 0.1) is 18.3 Å². The molecule has 0 aromatic carbocycles. The van der Waals surface area contributed by atoms with Crippen molar-refractivity contribution in [3.8, 4) is 0 Å². The van der Waals surface area contributed by atoms with Crippen LogP contribution >= 0.6 is 0 Å². The van der Waals surface area contributed by atoms with E-state index in [1.54, 1.807) is 0 Å². The average Bonchev–Trinajstić information content (AvgIpc) is 2.30. The first kappa shape index (κ1) is 17.6. The largest absolute Gasteiger partial charge is 0.378 e. The van der Waals surface area contributed by atoms with Crippen LogP contribution in [0.5, 0.6) is 0 Å². The van der Waals surface area contributed by atoms with E-state index in [0.29, 0.717) is 12.3 Å². The van der Waals surface area contributed by atoms with Crippen molar-refractivity contribution in [1.82, 2.24) is 0 Å². The van der Waals surface area contributed by atoms with Crippen LogP contribution in [-0.2, 0) is 14.3 Å². The molecule has 0 saturated heterocycles. The first-order chi connectivity index (χ1) is 8.40. The van der Waals surface area contributed by atoms with E-state index in [-0.39, 0.29) is 11.7 Å². The van der Waals surface area contributed by atoms with Crippen LogP contribution in [0.4, 0.5) is 0 Å². The molecule has 0 aromatic rings. The van der Waals surface area contributed by atoms with Crippen LogP contribution in [0.3, 0.4) is 0 Å². The van der Waals surface area contributed by atoms with Crippen molar-refractivity contribution in [2.45, 2.75) is 72.0 Å². The monoisotopic (exact) mass is 258 g/mol. The van der Waals surface area contributed by atoms with Gasteiger partial charge in [0.15, 0.2) is 0 Å². The minimum absolute atomic E-state index is 0.153. The summed E-state index contributed by atoms with van der Waals surface area (Å²) in [6, 6.07) is 0. The zero-order chi connectivity index (χ0) is 14.0. The zero-order valence-electron chi connectivity index (χ0n) is 12.7. The van der Waals surface area contributed by atoms with Crippen LogP contribution < -0.4 is 0 Å². The molecule has 0 radical (unpaired) electrons. The zero-order valence-corrected chi connectivity index (χ0v) is 12.7. The van der Waals surface area contributed by atoms with Crippen LogP contribution in [0.15, 0.2) is 0 Å². The van der Waals surface area contributed by atoms with E-state index < -0.39 is 0 Å². The molecule has 108 valence electrons. The summed E-state index contributed by atoms with van der Waals surface area (Å²) >= 11 is 0. The summed E-state index contributed by atoms with van der Waals surface area (Å²) in [5.41, 5.74) is -0.153. The maximum absolute atomic E-state index is 10.2. The molecule has 0 aromatic heterocycles. The van der Waals surface area contributed by atoms with Gasteiger partial charge in [-0.05, 0) is 40.5 Å². The first-order valence-electron chi connectivity index (χ1n) is 7.09. The van der Waals surface area contributed by atoms with E-state index in [1.807, 2.05) is 13.8 Å². The molecule has 1 atom stereocenters. The highest BCUT2D eigenvalue weighted by Gasteiger charge is 2.26. The number of rotatable bonds is 11. The molecule has 0 spiro atoms. The van der Waals surface area contributed by atoms with Crippen LogP contribution in [0.2, 0.25) is 0 Å². The van der Waals surface area contributed by atoms with Crippen LogP contribution in [0.1, 0.15) is 60.3 Å². The smallest absolute Gasteiger partial charge is 0.119 e. The number of carbonyl (C=O) groups is 1. The van der Waals surface area contributed by atoms with E-state index in [4.69, 9.17) is 9.47 Å². The first-order valence-corrected chi connectivity index (χ1v) is 7.09. The summed E-state index contributed by atoms with van der Waals surface area (Å²) in [5, 5.41) is 0. The van der Waals surface area contributed by atoms with Gasteiger partial charge in [-0.3, -0.25) is 0 Å². The maximum Gasteiger partial charge on any atom is 0.119 e. The quantitative estimate of drug-likeness (QED) is 0.419.